The second-order valence-corrected chi connectivity index (χ2v) is 8.04. The summed E-state index contributed by atoms with van der Waals surface area (Å²) in [6, 6.07) is 10.5. The van der Waals surface area contributed by atoms with E-state index in [1.807, 2.05) is 24.3 Å². The second-order valence-electron chi connectivity index (χ2n) is 8.04. The highest BCUT2D eigenvalue weighted by Crippen LogP contribution is 2.27. The van der Waals surface area contributed by atoms with Gasteiger partial charge in [-0.2, -0.15) is 5.10 Å². The van der Waals surface area contributed by atoms with Crippen LogP contribution in [0.25, 0.3) is 16.6 Å². The van der Waals surface area contributed by atoms with Crippen LogP contribution in [0.4, 0.5) is 10.1 Å². The molecule has 2 aromatic carbocycles. The zero-order valence-electron chi connectivity index (χ0n) is 18.8. The van der Waals surface area contributed by atoms with Gasteiger partial charge in [0.25, 0.3) is 0 Å². The maximum absolute atomic E-state index is 14.4. The number of nitrogens with zero attached hydrogens (tertiary/aromatic N) is 3. The molecule has 9 heteroatoms. The number of nitrogens with one attached hydrogen (secondary N) is 1. The summed E-state index contributed by atoms with van der Waals surface area (Å²) in [5.41, 5.74) is 8.97. The number of halogens is 1. The topological polar surface area (TPSA) is 96.7 Å². The predicted octanol–water partition coefficient (Wildman–Crippen LogP) is 2.66. The highest BCUT2D eigenvalue weighted by atomic mass is 19.1. The molecule has 0 aliphatic carbocycles. The highest BCUT2D eigenvalue weighted by Gasteiger charge is 2.17. The van der Waals surface area contributed by atoms with Crippen LogP contribution in [0.5, 0.6) is 5.75 Å². The van der Waals surface area contributed by atoms with E-state index in [1.54, 1.807) is 0 Å². The standard InChI is InChI=1S/C24H28FN5O3/c1-29-7-9-30(10-8-29)17-5-3-16(4-6-17)20(26)14-22(31)24-18-13-19(25)23(33-12-11-32-2)15-21(18)27-28-24/h3-6,13-15H,7-12,26H2,1-2H3,(H,27,28). The van der Waals surface area contributed by atoms with Crippen molar-refractivity contribution in [3.8, 4) is 5.75 Å². The Labute approximate surface area is 191 Å². The highest BCUT2D eigenvalue weighted by molar-refractivity contribution is 6.14. The third kappa shape index (κ3) is 5.15. The summed E-state index contributed by atoms with van der Waals surface area (Å²) >= 11 is 0. The van der Waals surface area contributed by atoms with E-state index in [0.717, 1.165) is 37.4 Å². The fourth-order valence-corrected chi connectivity index (χ4v) is 3.77. The van der Waals surface area contributed by atoms with Crippen LogP contribution in [0.1, 0.15) is 16.1 Å². The molecule has 2 heterocycles. The molecule has 3 N–H and O–H groups in total. The number of aromatic nitrogens is 2. The number of benzene rings is 2. The third-order valence-electron chi connectivity index (χ3n) is 5.75. The summed E-state index contributed by atoms with van der Waals surface area (Å²) < 4.78 is 24.7. The number of hydrogen-bond donors (Lipinski definition) is 2. The van der Waals surface area contributed by atoms with Crippen LogP contribution in [0.3, 0.4) is 0 Å². The lowest BCUT2D eigenvalue weighted by Crippen LogP contribution is -2.44. The first-order chi connectivity index (χ1) is 16.0. The number of rotatable bonds is 8. The molecule has 0 bridgehead atoms. The SMILES string of the molecule is COCCOc1cc2[nH]nc(C(=O)C=C(N)c3ccc(N4CCN(C)CC4)cc3)c2cc1F. The van der Waals surface area contributed by atoms with Gasteiger partial charge in [-0.05, 0) is 30.8 Å². The van der Waals surface area contributed by atoms with E-state index in [4.69, 9.17) is 15.2 Å². The summed E-state index contributed by atoms with van der Waals surface area (Å²) in [7, 11) is 3.66. The summed E-state index contributed by atoms with van der Waals surface area (Å²) in [6.07, 6.45) is 1.32. The van der Waals surface area contributed by atoms with Gasteiger partial charge >= 0.3 is 0 Å². The molecule has 1 aromatic heterocycles. The first-order valence-electron chi connectivity index (χ1n) is 10.8. The minimum Gasteiger partial charge on any atom is -0.488 e. The molecule has 174 valence electrons. The first kappa shape index (κ1) is 22.8. The Balaban J connectivity index is 1.49. The van der Waals surface area contributed by atoms with Crippen LogP contribution in [-0.4, -0.2) is 74.4 Å². The van der Waals surface area contributed by atoms with E-state index < -0.39 is 11.6 Å². The maximum Gasteiger partial charge on any atom is 0.208 e. The number of hydrogen-bond acceptors (Lipinski definition) is 7. The van der Waals surface area contributed by atoms with E-state index in [0.29, 0.717) is 23.2 Å². The quantitative estimate of drug-likeness (QED) is 0.307. The number of methoxy groups -OCH3 is 1. The number of allylic oxidation sites excluding steroid dienone is 1. The Hall–Kier alpha value is -3.43. The van der Waals surface area contributed by atoms with Crippen molar-refractivity contribution in [2.75, 3.05) is 58.5 Å². The van der Waals surface area contributed by atoms with Gasteiger partial charge in [0.2, 0.25) is 5.78 Å². The smallest absolute Gasteiger partial charge is 0.208 e. The maximum atomic E-state index is 14.4. The van der Waals surface area contributed by atoms with Crippen LogP contribution < -0.4 is 15.4 Å². The van der Waals surface area contributed by atoms with Crippen LogP contribution >= 0.6 is 0 Å². The molecule has 1 aliphatic heterocycles. The van der Waals surface area contributed by atoms with Gasteiger partial charge in [0, 0.05) is 62.2 Å². The van der Waals surface area contributed by atoms with Gasteiger partial charge in [0.05, 0.1) is 12.1 Å². The van der Waals surface area contributed by atoms with Crippen molar-refractivity contribution in [1.29, 1.82) is 0 Å². The van der Waals surface area contributed by atoms with Crippen molar-refractivity contribution in [3.05, 3.63) is 59.5 Å². The van der Waals surface area contributed by atoms with Gasteiger partial charge in [-0.15, -0.1) is 0 Å². The fraction of sp³-hybridized carbons (Fsp3) is 0.333. The zero-order chi connectivity index (χ0) is 23.4. The molecular formula is C24H28FN5O3. The summed E-state index contributed by atoms with van der Waals surface area (Å²) in [4.78, 5) is 17.5. The van der Waals surface area contributed by atoms with Crippen molar-refractivity contribution >= 4 is 28.1 Å². The lowest BCUT2D eigenvalue weighted by atomic mass is 10.1. The van der Waals surface area contributed by atoms with E-state index in [2.05, 4.69) is 27.0 Å². The van der Waals surface area contributed by atoms with Crippen molar-refractivity contribution in [2.45, 2.75) is 0 Å². The Morgan fingerprint density at radius 1 is 1.18 bits per heavy atom. The lowest BCUT2D eigenvalue weighted by molar-refractivity contribution is 0.104. The molecule has 1 fully saturated rings. The van der Waals surface area contributed by atoms with Crippen LogP contribution in [0.2, 0.25) is 0 Å². The molecule has 33 heavy (non-hydrogen) atoms. The van der Waals surface area contributed by atoms with Crippen LogP contribution in [0, 0.1) is 5.82 Å². The zero-order valence-corrected chi connectivity index (χ0v) is 18.8. The summed E-state index contributed by atoms with van der Waals surface area (Å²) in [5, 5.41) is 7.20. The molecule has 4 rings (SSSR count). The number of anilines is 1. The van der Waals surface area contributed by atoms with Crippen molar-refractivity contribution in [2.24, 2.45) is 5.73 Å². The predicted molar refractivity (Wildman–Crippen MR) is 126 cm³/mol. The molecule has 0 unspecified atom stereocenters. The number of ether oxygens (including phenoxy) is 2. The number of likely N-dealkylation sites (N-methyl/N-ethyl adjacent to an activating group) is 1. The van der Waals surface area contributed by atoms with Gasteiger partial charge in [-0.1, -0.05) is 12.1 Å². The lowest BCUT2D eigenvalue weighted by Gasteiger charge is -2.34. The molecule has 0 saturated carbocycles. The molecule has 0 atom stereocenters. The number of piperazine rings is 1. The number of aromatic amines is 1. The normalized spacial score (nSPS) is 15.2. The van der Waals surface area contributed by atoms with Gasteiger partial charge in [0.15, 0.2) is 11.6 Å². The molecule has 3 aromatic rings. The average molecular weight is 454 g/mol. The van der Waals surface area contributed by atoms with E-state index >= 15 is 0 Å². The van der Waals surface area contributed by atoms with E-state index in [-0.39, 0.29) is 18.1 Å². The van der Waals surface area contributed by atoms with Gasteiger partial charge < -0.3 is 25.0 Å². The van der Waals surface area contributed by atoms with Gasteiger partial charge in [-0.25, -0.2) is 4.39 Å². The van der Waals surface area contributed by atoms with E-state index in [1.165, 1.54) is 25.3 Å². The largest absolute Gasteiger partial charge is 0.488 e. The molecular weight excluding hydrogens is 425 g/mol. The van der Waals surface area contributed by atoms with Crippen molar-refractivity contribution < 1.29 is 18.7 Å². The minimum atomic E-state index is -0.578. The van der Waals surface area contributed by atoms with Gasteiger partial charge in [-0.3, -0.25) is 9.89 Å². The Kier molecular flexibility index (Phi) is 6.90. The molecule has 0 radical (unpaired) electrons. The van der Waals surface area contributed by atoms with Crippen molar-refractivity contribution in [3.63, 3.8) is 0 Å². The fourth-order valence-electron chi connectivity index (χ4n) is 3.77. The Morgan fingerprint density at radius 3 is 2.61 bits per heavy atom. The number of fused-ring (bicyclic) bond motifs is 1. The summed E-state index contributed by atoms with van der Waals surface area (Å²) in [6.45, 7) is 4.55. The Bertz CT molecular complexity index is 1150. The number of nitrogens with two attached hydrogens (primary N) is 1. The van der Waals surface area contributed by atoms with Crippen LogP contribution in [-0.2, 0) is 4.74 Å². The van der Waals surface area contributed by atoms with Crippen molar-refractivity contribution in [1.82, 2.24) is 15.1 Å². The van der Waals surface area contributed by atoms with E-state index in [9.17, 15) is 9.18 Å². The molecule has 1 saturated heterocycles. The monoisotopic (exact) mass is 453 g/mol. The third-order valence-corrected chi connectivity index (χ3v) is 5.75. The van der Waals surface area contributed by atoms with Crippen LogP contribution in [0.15, 0.2) is 42.5 Å². The molecule has 0 spiro atoms. The minimum absolute atomic E-state index is 0.0673. The number of H-pyrrole nitrogens is 1. The average Bonchev–Trinajstić information content (AvgIpc) is 3.22. The molecule has 0 amide bonds. The second kappa shape index (κ2) is 10.0. The molecule has 1 aliphatic rings. The number of carbonyl (C=O) groups is 1. The summed E-state index contributed by atoms with van der Waals surface area (Å²) in [5.74, 6) is -0.919. The molecule has 8 nitrogen and oxygen atoms in total. The van der Waals surface area contributed by atoms with Gasteiger partial charge in [0.1, 0.15) is 12.3 Å². The Morgan fingerprint density at radius 2 is 1.91 bits per heavy atom. The first-order valence-corrected chi connectivity index (χ1v) is 10.8. The number of ketones is 1. The number of carbonyl (C=O) groups excluding carboxylic acids is 1.